The molecule has 0 aliphatic rings. The summed E-state index contributed by atoms with van der Waals surface area (Å²) in [5, 5.41) is 5.69. The molecule has 27 heavy (non-hydrogen) atoms. The van der Waals surface area contributed by atoms with Crippen molar-refractivity contribution in [2.45, 2.75) is 26.3 Å². The number of nitrogens with one attached hydrogen (secondary N) is 2. The normalized spacial score (nSPS) is 10.9. The van der Waals surface area contributed by atoms with E-state index in [0.29, 0.717) is 32.7 Å². The maximum atomic E-state index is 12.3. The van der Waals surface area contributed by atoms with Crippen LogP contribution in [0.25, 0.3) is 11.0 Å². The monoisotopic (exact) mass is 376 g/mol. The molecule has 1 heterocycles. The van der Waals surface area contributed by atoms with Gasteiger partial charge in [-0.2, -0.15) is 0 Å². The van der Waals surface area contributed by atoms with Crippen molar-refractivity contribution in [3.05, 3.63) is 30.1 Å². The topological polar surface area (TPSA) is 94.5 Å². The molecule has 0 atom stereocenters. The maximum absolute atomic E-state index is 12.3. The molecule has 0 saturated carbocycles. The molecule has 0 spiro atoms. The first-order valence-corrected chi connectivity index (χ1v) is 9.20. The molecule has 1 aromatic carbocycles. The van der Waals surface area contributed by atoms with E-state index in [-0.39, 0.29) is 25.0 Å². The molecular formula is C19H28N4O4. The largest absolute Gasteiger partial charge is 0.382 e. The number of benzene rings is 1. The molecule has 2 amide bonds. The quantitative estimate of drug-likeness (QED) is 0.537. The second-order valence-corrected chi connectivity index (χ2v) is 6.04. The van der Waals surface area contributed by atoms with Crippen LogP contribution in [-0.4, -0.2) is 61.4 Å². The summed E-state index contributed by atoms with van der Waals surface area (Å²) in [6.45, 7) is 4.49. The minimum atomic E-state index is -0.174. The molecule has 1 aromatic heterocycles. The van der Waals surface area contributed by atoms with Crippen LogP contribution in [0.2, 0.25) is 0 Å². The molecule has 2 N–H and O–H groups in total. The summed E-state index contributed by atoms with van der Waals surface area (Å²) < 4.78 is 12.0. The van der Waals surface area contributed by atoms with Crippen LogP contribution in [0.1, 0.15) is 19.2 Å². The van der Waals surface area contributed by atoms with Crippen LogP contribution in [0.5, 0.6) is 0 Å². The Labute approximate surface area is 159 Å². The van der Waals surface area contributed by atoms with Gasteiger partial charge in [-0.1, -0.05) is 12.1 Å². The number of amides is 2. The zero-order valence-corrected chi connectivity index (χ0v) is 16.0. The van der Waals surface area contributed by atoms with Crippen molar-refractivity contribution in [3.8, 4) is 0 Å². The van der Waals surface area contributed by atoms with Crippen molar-refractivity contribution in [1.29, 1.82) is 0 Å². The lowest BCUT2D eigenvalue weighted by atomic mass is 10.3. The first kappa shape index (κ1) is 20.9. The molecule has 0 bridgehead atoms. The second kappa shape index (κ2) is 11.3. The van der Waals surface area contributed by atoms with Crippen molar-refractivity contribution in [2.75, 3.05) is 40.0 Å². The van der Waals surface area contributed by atoms with E-state index in [1.807, 2.05) is 35.8 Å². The van der Waals surface area contributed by atoms with Gasteiger partial charge >= 0.3 is 0 Å². The number of hydrogen-bond acceptors (Lipinski definition) is 5. The van der Waals surface area contributed by atoms with Gasteiger partial charge in [0.15, 0.2) is 0 Å². The average Bonchev–Trinajstić information content (AvgIpc) is 2.99. The van der Waals surface area contributed by atoms with Crippen LogP contribution in [0.4, 0.5) is 0 Å². The summed E-state index contributed by atoms with van der Waals surface area (Å²) in [4.78, 5) is 28.5. The highest BCUT2D eigenvalue weighted by atomic mass is 16.5. The maximum Gasteiger partial charge on any atom is 0.245 e. The molecule has 0 fully saturated rings. The van der Waals surface area contributed by atoms with Gasteiger partial charge in [-0.3, -0.25) is 9.59 Å². The third kappa shape index (κ3) is 6.65. The van der Waals surface area contributed by atoms with Gasteiger partial charge in [-0.15, -0.1) is 0 Å². The fraction of sp³-hybridized carbons (Fsp3) is 0.526. The van der Waals surface area contributed by atoms with Gasteiger partial charge in [-0.25, -0.2) is 4.98 Å². The minimum Gasteiger partial charge on any atom is -0.382 e. The van der Waals surface area contributed by atoms with E-state index in [0.717, 1.165) is 23.3 Å². The number of nitrogens with zero attached hydrogens (tertiary/aromatic N) is 2. The molecule has 2 rings (SSSR count). The molecule has 0 unspecified atom stereocenters. The van der Waals surface area contributed by atoms with Crippen LogP contribution in [0.3, 0.4) is 0 Å². The lowest BCUT2D eigenvalue weighted by Crippen LogP contribution is -2.31. The van der Waals surface area contributed by atoms with Crippen molar-refractivity contribution in [2.24, 2.45) is 0 Å². The average molecular weight is 376 g/mol. The number of para-hydroxylation sites is 2. The van der Waals surface area contributed by atoms with Crippen LogP contribution in [0, 0.1) is 0 Å². The number of hydrogen-bond donors (Lipinski definition) is 2. The first-order chi connectivity index (χ1) is 13.2. The summed E-state index contributed by atoms with van der Waals surface area (Å²) >= 11 is 0. The number of carbonyl (C=O) groups is 2. The van der Waals surface area contributed by atoms with Gasteiger partial charge in [-0.05, 0) is 25.5 Å². The van der Waals surface area contributed by atoms with Crippen LogP contribution in [0.15, 0.2) is 24.3 Å². The Morgan fingerprint density at radius 3 is 2.70 bits per heavy atom. The highest BCUT2D eigenvalue weighted by Crippen LogP contribution is 2.16. The lowest BCUT2D eigenvalue weighted by Gasteiger charge is -2.11. The van der Waals surface area contributed by atoms with Crippen LogP contribution < -0.4 is 10.6 Å². The van der Waals surface area contributed by atoms with Gasteiger partial charge in [0.05, 0.1) is 11.0 Å². The summed E-state index contributed by atoms with van der Waals surface area (Å²) in [5.74, 6) is 0.518. The zero-order chi connectivity index (χ0) is 19.5. The van der Waals surface area contributed by atoms with Crippen molar-refractivity contribution < 1.29 is 19.1 Å². The molecule has 0 aliphatic carbocycles. The number of methoxy groups -OCH3 is 1. The highest BCUT2D eigenvalue weighted by Gasteiger charge is 2.13. The Balaban J connectivity index is 1.98. The van der Waals surface area contributed by atoms with Gasteiger partial charge in [0, 0.05) is 39.8 Å². The number of aromatic nitrogens is 2. The van der Waals surface area contributed by atoms with Crippen molar-refractivity contribution >= 4 is 22.8 Å². The fourth-order valence-electron chi connectivity index (χ4n) is 2.73. The number of imidazole rings is 1. The van der Waals surface area contributed by atoms with Crippen LogP contribution in [-0.2, 0) is 32.0 Å². The summed E-state index contributed by atoms with van der Waals surface area (Å²) in [6.07, 6.45) is 1.31. The van der Waals surface area contributed by atoms with E-state index in [9.17, 15) is 9.59 Å². The number of carbonyl (C=O) groups excluding carboxylic acids is 2. The van der Waals surface area contributed by atoms with Crippen molar-refractivity contribution in [3.63, 3.8) is 0 Å². The summed E-state index contributed by atoms with van der Waals surface area (Å²) in [6, 6.07) is 7.69. The highest BCUT2D eigenvalue weighted by molar-refractivity contribution is 5.81. The van der Waals surface area contributed by atoms with E-state index in [1.165, 1.54) is 7.11 Å². The molecule has 148 valence electrons. The molecule has 0 radical (unpaired) electrons. The predicted octanol–water partition coefficient (Wildman–Crippen LogP) is 0.884. The first-order valence-electron chi connectivity index (χ1n) is 9.20. The zero-order valence-electron chi connectivity index (χ0n) is 16.0. The van der Waals surface area contributed by atoms with Crippen molar-refractivity contribution in [1.82, 2.24) is 20.2 Å². The van der Waals surface area contributed by atoms with E-state index < -0.39 is 0 Å². The number of rotatable bonds is 12. The Morgan fingerprint density at radius 2 is 1.93 bits per heavy atom. The molecule has 0 saturated heterocycles. The standard InChI is InChI=1S/C19H28N4O4/c1-3-27-12-6-10-20-18(24)13-23-16-8-5-4-7-15(16)22-17(23)9-11-21-19(25)14-26-2/h4-5,7-8H,3,6,9-14H2,1-2H3,(H,20,24)(H,21,25). The predicted molar refractivity (Wildman–Crippen MR) is 102 cm³/mol. The summed E-state index contributed by atoms with van der Waals surface area (Å²) in [7, 11) is 1.48. The van der Waals surface area contributed by atoms with Gasteiger partial charge in [0.2, 0.25) is 11.8 Å². The SMILES string of the molecule is CCOCCCNC(=O)Cn1c(CCNC(=O)COC)nc2ccccc21. The Bertz CT molecular complexity index is 744. The molecule has 8 heteroatoms. The smallest absolute Gasteiger partial charge is 0.245 e. The third-order valence-corrected chi connectivity index (χ3v) is 3.97. The van der Waals surface area contributed by atoms with Gasteiger partial charge in [0.1, 0.15) is 19.0 Å². The molecule has 8 nitrogen and oxygen atoms in total. The Kier molecular flexibility index (Phi) is 8.73. The lowest BCUT2D eigenvalue weighted by molar-refractivity contribution is -0.124. The Hall–Kier alpha value is -2.45. The van der Waals surface area contributed by atoms with E-state index in [4.69, 9.17) is 9.47 Å². The molecule has 0 aliphatic heterocycles. The van der Waals surface area contributed by atoms with Crippen LogP contribution >= 0.6 is 0 Å². The molecular weight excluding hydrogens is 348 g/mol. The Morgan fingerprint density at radius 1 is 1.15 bits per heavy atom. The minimum absolute atomic E-state index is 0.0283. The number of ether oxygens (including phenoxy) is 2. The van der Waals surface area contributed by atoms with Gasteiger partial charge < -0.3 is 24.7 Å². The summed E-state index contributed by atoms with van der Waals surface area (Å²) in [5.41, 5.74) is 1.74. The fourth-order valence-corrected chi connectivity index (χ4v) is 2.73. The number of fused-ring (bicyclic) bond motifs is 1. The van der Waals surface area contributed by atoms with E-state index in [2.05, 4.69) is 15.6 Å². The van der Waals surface area contributed by atoms with E-state index in [1.54, 1.807) is 0 Å². The second-order valence-electron chi connectivity index (χ2n) is 6.04. The van der Waals surface area contributed by atoms with Gasteiger partial charge in [0.25, 0.3) is 0 Å². The van der Waals surface area contributed by atoms with E-state index >= 15 is 0 Å². The molecule has 2 aromatic rings. The third-order valence-electron chi connectivity index (χ3n) is 3.97.